The second-order valence-corrected chi connectivity index (χ2v) is 6.73. The minimum atomic E-state index is -0.458. The van der Waals surface area contributed by atoms with Crippen molar-refractivity contribution in [2.75, 3.05) is 31.7 Å². The first kappa shape index (κ1) is 18.6. The van der Waals surface area contributed by atoms with Gasteiger partial charge in [-0.15, -0.1) is 0 Å². The average Bonchev–Trinajstić information content (AvgIpc) is 3.29. The summed E-state index contributed by atoms with van der Waals surface area (Å²) in [5.74, 6) is -0.315. The van der Waals surface area contributed by atoms with Crippen LogP contribution in [0.25, 0.3) is 0 Å². The Bertz CT molecular complexity index is 642. The number of amides is 1. The fraction of sp³-hybridized carbons (Fsp3) is 0.611. The van der Waals surface area contributed by atoms with Gasteiger partial charge in [-0.3, -0.25) is 14.9 Å². The van der Waals surface area contributed by atoms with E-state index in [0.717, 1.165) is 32.3 Å². The Morgan fingerprint density at radius 3 is 2.88 bits per heavy atom. The predicted molar refractivity (Wildman–Crippen MR) is 96.5 cm³/mol. The third kappa shape index (κ3) is 5.40. The van der Waals surface area contributed by atoms with Crippen LogP contribution in [0.5, 0.6) is 0 Å². The largest absolute Gasteiger partial charge is 0.379 e. The molecule has 1 saturated heterocycles. The molecule has 0 unspecified atom stereocenters. The molecule has 1 saturated carbocycles. The molecule has 142 valence electrons. The van der Waals surface area contributed by atoms with Crippen LogP contribution in [0, 0.1) is 10.1 Å². The van der Waals surface area contributed by atoms with Gasteiger partial charge >= 0.3 is 0 Å². The molecular weight excluding hydrogens is 338 g/mol. The quantitative estimate of drug-likeness (QED) is 0.376. The van der Waals surface area contributed by atoms with Gasteiger partial charge in [-0.05, 0) is 44.2 Å². The van der Waals surface area contributed by atoms with Gasteiger partial charge in [0.25, 0.3) is 11.6 Å². The summed E-state index contributed by atoms with van der Waals surface area (Å²) in [4.78, 5) is 23.0. The molecule has 2 N–H and O–H groups in total. The fourth-order valence-corrected chi connectivity index (χ4v) is 2.86. The molecule has 1 atom stereocenters. The zero-order valence-corrected chi connectivity index (χ0v) is 14.7. The van der Waals surface area contributed by atoms with E-state index in [1.807, 2.05) is 0 Å². The lowest BCUT2D eigenvalue weighted by molar-refractivity contribution is -0.384. The van der Waals surface area contributed by atoms with Crippen LogP contribution < -0.4 is 10.6 Å². The predicted octanol–water partition coefficient (Wildman–Crippen LogP) is 2.48. The summed E-state index contributed by atoms with van der Waals surface area (Å²) in [6.07, 6.45) is 5.06. The highest BCUT2D eigenvalue weighted by molar-refractivity contribution is 5.95. The van der Waals surface area contributed by atoms with Crippen molar-refractivity contribution in [2.24, 2.45) is 0 Å². The maximum absolute atomic E-state index is 12.2. The minimum absolute atomic E-state index is 0.0653. The van der Waals surface area contributed by atoms with E-state index in [2.05, 4.69) is 10.6 Å². The van der Waals surface area contributed by atoms with Crippen LogP contribution in [-0.2, 0) is 9.47 Å². The number of carbonyl (C=O) groups is 1. The van der Waals surface area contributed by atoms with Crippen LogP contribution >= 0.6 is 0 Å². The van der Waals surface area contributed by atoms with Crippen LogP contribution in [0.3, 0.4) is 0 Å². The summed E-state index contributed by atoms with van der Waals surface area (Å²) < 4.78 is 11.0. The summed E-state index contributed by atoms with van der Waals surface area (Å²) in [6.45, 7) is 2.41. The van der Waals surface area contributed by atoms with Gasteiger partial charge in [0.05, 0.1) is 17.6 Å². The van der Waals surface area contributed by atoms with E-state index in [1.54, 1.807) is 12.1 Å². The van der Waals surface area contributed by atoms with Crippen molar-refractivity contribution in [2.45, 2.75) is 44.2 Å². The summed E-state index contributed by atoms with van der Waals surface area (Å²) >= 11 is 0. The Balaban J connectivity index is 1.41. The number of nitro benzene ring substituents is 1. The van der Waals surface area contributed by atoms with Gasteiger partial charge in [-0.2, -0.15) is 0 Å². The number of rotatable bonds is 10. The number of benzene rings is 1. The van der Waals surface area contributed by atoms with Crippen LogP contribution in [-0.4, -0.2) is 49.3 Å². The molecule has 0 bridgehead atoms. The van der Waals surface area contributed by atoms with Crippen molar-refractivity contribution < 1.29 is 19.2 Å². The molecule has 1 aliphatic heterocycles. The molecule has 0 aromatic heterocycles. The number of anilines is 1. The molecule has 1 aromatic carbocycles. The van der Waals surface area contributed by atoms with Crippen LogP contribution in [0.15, 0.2) is 18.2 Å². The molecule has 1 heterocycles. The van der Waals surface area contributed by atoms with Gasteiger partial charge in [0.1, 0.15) is 5.69 Å². The van der Waals surface area contributed by atoms with Crippen LogP contribution in [0.2, 0.25) is 0 Å². The first-order chi connectivity index (χ1) is 12.6. The number of hydrogen-bond acceptors (Lipinski definition) is 6. The number of carbonyl (C=O) groups excluding carboxylic acids is 1. The summed E-state index contributed by atoms with van der Waals surface area (Å²) in [6, 6.07) is 4.86. The Morgan fingerprint density at radius 2 is 2.19 bits per heavy atom. The lowest BCUT2D eigenvalue weighted by Gasteiger charge is -2.11. The topological polar surface area (TPSA) is 103 Å². The molecule has 1 aromatic rings. The van der Waals surface area contributed by atoms with Crippen molar-refractivity contribution in [1.29, 1.82) is 0 Å². The number of nitrogens with one attached hydrogen (secondary N) is 2. The molecule has 8 heteroatoms. The third-order valence-corrected chi connectivity index (χ3v) is 4.47. The highest BCUT2D eigenvalue weighted by atomic mass is 16.6. The van der Waals surface area contributed by atoms with Gasteiger partial charge in [0, 0.05) is 37.4 Å². The molecule has 2 fully saturated rings. The van der Waals surface area contributed by atoms with E-state index in [-0.39, 0.29) is 17.7 Å². The van der Waals surface area contributed by atoms with E-state index in [0.29, 0.717) is 43.5 Å². The van der Waals surface area contributed by atoms with Crippen LogP contribution in [0.4, 0.5) is 11.4 Å². The first-order valence-corrected chi connectivity index (χ1v) is 9.16. The zero-order chi connectivity index (χ0) is 18.4. The van der Waals surface area contributed by atoms with E-state index in [4.69, 9.17) is 9.47 Å². The molecule has 2 aliphatic rings. The summed E-state index contributed by atoms with van der Waals surface area (Å²) in [7, 11) is 0. The van der Waals surface area contributed by atoms with Crippen molar-refractivity contribution in [3.8, 4) is 0 Å². The lowest BCUT2D eigenvalue weighted by Crippen LogP contribution is -2.26. The number of hydrogen-bond donors (Lipinski definition) is 2. The lowest BCUT2D eigenvalue weighted by atomic mass is 10.1. The first-order valence-electron chi connectivity index (χ1n) is 9.16. The zero-order valence-electron chi connectivity index (χ0n) is 14.7. The maximum atomic E-state index is 12.2. The number of nitrogens with zero attached hydrogens (tertiary/aromatic N) is 1. The standard InChI is InChI=1S/C18H25N3O5/c22-18(19-8-2-9-25-12-15-3-1-10-26-15)13-4-7-16(20-14-5-6-14)17(11-13)21(23)24/h4,7,11,14-15,20H,1-3,5-6,8-10,12H2,(H,19,22)/t15-/m0/s1. The molecule has 1 aliphatic carbocycles. The Hall–Kier alpha value is -2.19. The molecule has 0 radical (unpaired) electrons. The Kier molecular flexibility index (Phi) is 6.40. The molecule has 0 spiro atoms. The SMILES string of the molecule is O=C(NCCCOC[C@@H]1CCCO1)c1ccc(NC2CC2)c([N+](=O)[O-])c1. The normalized spacial score (nSPS) is 19.3. The highest BCUT2D eigenvalue weighted by Gasteiger charge is 2.25. The summed E-state index contributed by atoms with van der Waals surface area (Å²) in [5, 5.41) is 17.1. The average molecular weight is 363 g/mol. The second kappa shape index (κ2) is 8.95. The molecular formula is C18H25N3O5. The van der Waals surface area contributed by atoms with Gasteiger partial charge in [0.15, 0.2) is 0 Å². The van der Waals surface area contributed by atoms with E-state index in [9.17, 15) is 14.9 Å². The Morgan fingerprint density at radius 1 is 1.35 bits per heavy atom. The van der Waals surface area contributed by atoms with Crippen molar-refractivity contribution >= 4 is 17.3 Å². The molecule has 8 nitrogen and oxygen atoms in total. The van der Waals surface area contributed by atoms with Gasteiger partial charge in [-0.1, -0.05) is 0 Å². The van der Waals surface area contributed by atoms with E-state index >= 15 is 0 Å². The molecule has 3 rings (SSSR count). The smallest absolute Gasteiger partial charge is 0.293 e. The van der Waals surface area contributed by atoms with Crippen molar-refractivity contribution in [3.63, 3.8) is 0 Å². The molecule has 26 heavy (non-hydrogen) atoms. The Labute approximate surface area is 152 Å². The number of ether oxygens (including phenoxy) is 2. The van der Waals surface area contributed by atoms with Crippen molar-refractivity contribution in [1.82, 2.24) is 5.32 Å². The van der Waals surface area contributed by atoms with E-state index in [1.165, 1.54) is 6.07 Å². The minimum Gasteiger partial charge on any atom is -0.379 e. The van der Waals surface area contributed by atoms with E-state index < -0.39 is 4.92 Å². The fourth-order valence-electron chi connectivity index (χ4n) is 2.86. The summed E-state index contributed by atoms with van der Waals surface area (Å²) in [5.41, 5.74) is 0.694. The van der Waals surface area contributed by atoms with Crippen LogP contribution in [0.1, 0.15) is 42.5 Å². The van der Waals surface area contributed by atoms with Gasteiger partial charge in [0.2, 0.25) is 0 Å². The molecule has 1 amide bonds. The second-order valence-electron chi connectivity index (χ2n) is 6.73. The monoisotopic (exact) mass is 363 g/mol. The van der Waals surface area contributed by atoms with Crippen molar-refractivity contribution in [3.05, 3.63) is 33.9 Å². The van der Waals surface area contributed by atoms with Gasteiger partial charge < -0.3 is 20.1 Å². The van der Waals surface area contributed by atoms with Gasteiger partial charge in [-0.25, -0.2) is 0 Å². The maximum Gasteiger partial charge on any atom is 0.293 e. The number of nitro groups is 1. The highest BCUT2D eigenvalue weighted by Crippen LogP contribution is 2.31. The third-order valence-electron chi connectivity index (χ3n) is 4.47.